The minimum atomic E-state index is -0.988. The number of hydrogen-bond acceptors (Lipinski definition) is 4. The summed E-state index contributed by atoms with van der Waals surface area (Å²) in [4.78, 5) is 25.0. The van der Waals surface area contributed by atoms with E-state index in [0.29, 0.717) is 24.3 Å². The Morgan fingerprint density at radius 1 is 1.06 bits per heavy atom. The molecule has 170 valence electrons. The topological polar surface area (TPSA) is 72.8 Å². The van der Waals surface area contributed by atoms with Crippen molar-refractivity contribution >= 4 is 11.8 Å². The van der Waals surface area contributed by atoms with E-state index in [2.05, 4.69) is 6.07 Å². The van der Waals surface area contributed by atoms with E-state index in [1.807, 2.05) is 37.3 Å². The number of Topliss-reactive ketones (excluding diaryl/α,β-unsaturated/α-hetero) is 1. The third-order valence-electron chi connectivity index (χ3n) is 6.93. The third kappa shape index (κ3) is 3.78. The van der Waals surface area contributed by atoms with Crippen LogP contribution in [0.25, 0.3) is 11.1 Å². The molecule has 1 aliphatic heterocycles. The van der Waals surface area contributed by atoms with Crippen molar-refractivity contribution in [3.63, 3.8) is 0 Å². The van der Waals surface area contributed by atoms with Gasteiger partial charge >= 0.3 is 5.97 Å². The van der Waals surface area contributed by atoms with Gasteiger partial charge in [0.2, 0.25) is 0 Å². The van der Waals surface area contributed by atoms with Crippen LogP contribution in [0.5, 0.6) is 11.5 Å². The number of ether oxygens (including phenoxy) is 2. The van der Waals surface area contributed by atoms with Gasteiger partial charge in [0.15, 0.2) is 0 Å². The second-order valence-corrected chi connectivity index (χ2v) is 8.97. The zero-order valence-corrected chi connectivity index (χ0v) is 18.8. The molecule has 0 amide bonds. The minimum absolute atomic E-state index is 0. The van der Waals surface area contributed by atoms with Crippen molar-refractivity contribution < 1.29 is 25.6 Å². The van der Waals surface area contributed by atoms with Crippen LogP contribution in [0.2, 0.25) is 0 Å². The molecular formula is C28H28O5. The van der Waals surface area contributed by atoms with E-state index in [4.69, 9.17) is 9.47 Å². The van der Waals surface area contributed by atoms with E-state index in [0.717, 1.165) is 47.3 Å². The van der Waals surface area contributed by atoms with Gasteiger partial charge in [-0.1, -0.05) is 30.3 Å². The highest BCUT2D eigenvalue weighted by Gasteiger charge is 2.50. The number of hydrogen-bond donors (Lipinski definition) is 1. The molecule has 0 unspecified atom stereocenters. The number of carbonyl (C=O) groups excluding carboxylic acids is 1. The van der Waals surface area contributed by atoms with Crippen LogP contribution >= 0.6 is 0 Å². The van der Waals surface area contributed by atoms with Crippen molar-refractivity contribution in [3.05, 3.63) is 82.4 Å². The molecule has 1 saturated carbocycles. The first-order chi connectivity index (χ1) is 15.9. The Labute approximate surface area is 194 Å². The maximum absolute atomic E-state index is 13.5. The first kappa shape index (κ1) is 21.3. The Hall–Kier alpha value is -3.60. The van der Waals surface area contributed by atoms with Crippen LogP contribution in [0.3, 0.4) is 0 Å². The third-order valence-corrected chi connectivity index (χ3v) is 6.93. The van der Waals surface area contributed by atoms with Gasteiger partial charge in [0.25, 0.3) is 0 Å². The Balaban J connectivity index is 0.00000274. The molecule has 2 aliphatic rings. The molecule has 0 atom stereocenters. The van der Waals surface area contributed by atoms with Gasteiger partial charge in [-0.15, -0.1) is 0 Å². The smallest absolute Gasteiger partial charge is 0.335 e. The van der Waals surface area contributed by atoms with Gasteiger partial charge in [-0.3, -0.25) is 4.79 Å². The zero-order valence-electron chi connectivity index (χ0n) is 18.8. The van der Waals surface area contributed by atoms with Gasteiger partial charge in [-0.2, -0.15) is 0 Å². The summed E-state index contributed by atoms with van der Waals surface area (Å²) in [6.07, 6.45) is 2.98. The van der Waals surface area contributed by atoms with Crippen molar-refractivity contribution in [2.75, 3.05) is 13.7 Å². The zero-order chi connectivity index (χ0) is 23.2. The summed E-state index contributed by atoms with van der Waals surface area (Å²) in [5.74, 6) is 0.772. The quantitative estimate of drug-likeness (QED) is 0.529. The monoisotopic (exact) mass is 444 g/mol. The van der Waals surface area contributed by atoms with Crippen molar-refractivity contribution in [2.24, 2.45) is 0 Å². The number of rotatable bonds is 7. The lowest BCUT2D eigenvalue weighted by Crippen LogP contribution is -2.22. The minimum Gasteiger partial charge on any atom is -0.496 e. The average Bonchev–Trinajstić information content (AvgIpc) is 3.50. The number of carboxylic acid groups (broad SMARTS) is 1. The van der Waals surface area contributed by atoms with Gasteiger partial charge in [0.05, 0.1) is 24.7 Å². The van der Waals surface area contributed by atoms with Gasteiger partial charge in [-0.25, -0.2) is 4.79 Å². The maximum atomic E-state index is 13.5. The van der Waals surface area contributed by atoms with Gasteiger partial charge < -0.3 is 14.6 Å². The summed E-state index contributed by atoms with van der Waals surface area (Å²) in [6, 6.07) is 17.0. The summed E-state index contributed by atoms with van der Waals surface area (Å²) in [7, 11) is 1.57. The first-order valence-electron chi connectivity index (χ1n) is 11.2. The molecule has 1 heterocycles. The van der Waals surface area contributed by atoms with Crippen LogP contribution in [-0.4, -0.2) is 30.6 Å². The van der Waals surface area contributed by atoms with Crippen LogP contribution in [-0.2, 0) is 23.1 Å². The summed E-state index contributed by atoms with van der Waals surface area (Å²) < 4.78 is 11.1. The molecule has 0 saturated heterocycles. The number of ketones is 1. The molecule has 3 aromatic rings. The normalized spacial score (nSPS) is 15.5. The molecule has 5 rings (SSSR count). The molecule has 0 aromatic heterocycles. The fourth-order valence-electron chi connectivity index (χ4n) is 4.81. The van der Waals surface area contributed by atoms with E-state index in [-0.39, 0.29) is 12.8 Å². The van der Waals surface area contributed by atoms with E-state index < -0.39 is 11.4 Å². The standard InChI is InChI=1S/C28H26O5.H2/c1-17-3-4-18(13-22(17)23-16-20(27(30)31)5-7-25(23)32-2)14-26(29)28(10-11-28)21-6-8-24-19(15-21)9-12-33-24;/h3-8,13,15-16H,9-12,14H2,1-2H3,(H,30,31);1H. The number of carbonyl (C=O) groups is 2. The molecule has 3 aromatic carbocycles. The second-order valence-electron chi connectivity index (χ2n) is 8.97. The van der Waals surface area contributed by atoms with Crippen LogP contribution < -0.4 is 9.47 Å². The first-order valence-corrected chi connectivity index (χ1v) is 11.2. The molecule has 1 fully saturated rings. The van der Waals surface area contributed by atoms with Crippen molar-refractivity contribution in [2.45, 2.75) is 38.0 Å². The lowest BCUT2D eigenvalue weighted by atomic mass is 9.86. The predicted molar refractivity (Wildman–Crippen MR) is 128 cm³/mol. The second kappa shape index (κ2) is 8.07. The molecule has 1 N–H and O–H groups in total. The molecule has 0 bridgehead atoms. The molecule has 1 aliphatic carbocycles. The maximum Gasteiger partial charge on any atom is 0.335 e. The van der Waals surface area contributed by atoms with E-state index in [1.165, 1.54) is 11.6 Å². The highest BCUT2D eigenvalue weighted by molar-refractivity contribution is 5.95. The summed E-state index contributed by atoms with van der Waals surface area (Å²) in [5.41, 5.74) is 5.58. The van der Waals surface area contributed by atoms with Crippen molar-refractivity contribution in [3.8, 4) is 22.6 Å². The fourth-order valence-corrected chi connectivity index (χ4v) is 4.81. The molecular weight excluding hydrogens is 416 g/mol. The van der Waals surface area contributed by atoms with Crippen LogP contribution in [0.4, 0.5) is 0 Å². The fraction of sp³-hybridized carbons (Fsp3) is 0.286. The molecule has 33 heavy (non-hydrogen) atoms. The van der Waals surface area contributed by atoms with E-state index >= 15 is 0 Å². The SMILES string of the molecule is COc1ccc(C(=O)O)cc1-c1cc(CC(=O)C2(c3ccc4c(c3)CCO4)CC2)ccc1C.[HH]. The van der Waals surface area contributed by atoms with Gasteiger partial charge in [0.1, 0.15) is 17.3 Å². The van der Waals surface area contributed by atoms with Crippen molar-refractivity contribution in [1.29, 1.82) is 0 Å². The number of aryl methyl sites for hydroxylation is 1. The lowest BCUT2D eigenvalue weighted by Gasteiger charge is -2.17. The highest BCUT2D eigenvalue weighted by Crippen LogP contribution is 2.50. The van der Waals surface area contributed by atoms with Gasteiger partial charge in [0, 0.05) is 19.8 Å². The van der Waals surface area contributed by atoms with Gasteiger partial charge in [-0.05, 0) is 71.8 Å². The number of methoxy groups -OCH3 is 1. The Morgan fingerprint density at radius 2 is 1.88 bits per heavy atom. The van der Waals surface area contributed by atoms with Crippen molar-refractivity contribution in [1.82, 2.24) is 0 Å². The van der Waals surface area contributed by atoms with Crippen LogP contribution in [0.15, 0.2) is 54.6 Å². The Bertz CT molecular complexity index is 1280. The van der Waals surface area contributed by atoms with E-state index in [1.54, 1.807) is 19.2 Å². The van der Waals surface area contributed by atoms with Crippen LogP contribution in [0, 0.1) is 6.92 Å². The summed E-state index contributed by atoms with van der Waals surface area (Å²) in [6.45, 7) is 2.68. The largest absolute Gasteiger partial charge is 0.496 e. The Kier molecular flexibility index (Phi) is 5.20. The number of benzene rings is 3. The average molecular weight is 445 g/mol. The van der Waals surface area contributed by atoms with E-state index in [9.17, 15) is 14.7 Å². The summed E-state index contributed by atoms with van der Waals surface area (Å²) >= 11 is 0. The summed E-state index contributed by atoms with van der Waals surface area (Å²) in [5, 5.41) is 9.43. The molecule has 5 nitrogen and oxygen atoms in total. The molecule has 0 spiro atoms. The number of carboxylic acids is 1. The van der Waals surface area contributed by atoms with Crippen LogP contribution in [0.1, 0.15) is 46.9 Å². The predicted octanol–water partition coefficient (Wildman–Crippen LogP) is 5.39. The Morgan fingerprint density at radius 3 is 2.61 bits per heavy atom. The molecule has 5 heteroatoms. The number of aromatic carboxylic acids is 1. The highest BCUT2D eigenvalue weighted by atomic mass is 16.5. The number of fused-ring (bicyclic) bond motifs is 1. The lowest BCUT2D eigenvalue weighted by molar-refractivity contribution is -0.120. The molecule has 0 radical (unpaired) electrons.